The first-order valence-electron chi connectivity index (χ1n) is 8.88. The van der Waals surface area contributed by atoms with E-state index in [9.17, 15) is 9.90 Å². The molecule has 1 saturated heterocycles. The van der Waals surface area contributed by atoms with Crippen molar-refractivity contribution in [3.05, 3.63) is 18.0 Å². The molecule has 2 aliphatic rings. The molecular weight excluding hydrogens is 306 g/mol. The number of nitrogens with one attached hydrogen (secondary N) is 1. The van der Waals surface area contributed by atoms with Crippen LogP contribution in [0.3, 0.4) is 0 Å². The van der Waals surface area contributed by atoms with E-state index in [1.165, 1.54) is 0 Å². The lowest BCUT2D eigenvalue weighted by Gasteiger charge is -2.38. The summed E-state index contributed by atoms with van der Waals surface area (Å²) in [5.41, 5.74) is 1.03. The Balaban J connectivity index is 1.51. The van der Waals surface area contributed by atoms with Crippen LogP contribution in [-0.2, 0) is 11.8 Å². The summed E-state index contributed by atoms with van der Waals surface area (Å²) in [7, 11) is 4.01. The smallest absolute Gasteiger partial charge is 0.221 e. The number of carbonyl (C=O) groups is 1. The van der Waals surface area contributed by atoms with Crippen molar-refractivity contribution in [1.82, 2.24) is 24.9 Å². The molecule has 7 nitrogen and oxygen atoms in total. The van der Waals surface area contributed by atoms with E-state index in [2.05, 4.69) is 27.3 Å². The van der Waals surface area contributed by atoms with Crippen molar-refractivity contribution in [2.75, 3.05) is 39.8 Å². The molecule has 2 heterocycles. The molecule has 1 saturated carbocycles. The Morgan fingerprint density at radius 3 is 2.62 bits per heavy atom. The van der Waals surface area contributed by atoms with Gasteiger partial charge in [0.15, 0.2) is 0 Å². The van der Waals surface area contributed by atoms with Gasteiger partial charge in [0.2, 0.25) is 5.91 Å². The molecule has 1 amide bonds. The van der Waals surface area contributed by atoms with E-state index in [-0.39, 0.29) is 18.1 Å². The third-order valence-corrected chi connectivity index (χ3v) is 5.27. The lowest BCUT2D eigenvalue weighted by Crippen LogP contribution is -2.46. The Kier molecular flexibility index (Phi) is 5.53. The van der Waals surface area contributed by atoms with E-state index >= 15 is 0 Å². The molecule has 1 unspecified atom stereocenters. The number of hydrogen-bond acceptors (Lipinski definition) is 5. The molecule has 0 aromatic carbocycles. The van der Waals surface area contributed by atoms with Gasteiger partial charge >= 0.3 is 0 Å². The Hall–Kier alpha value is -1.44. The van der Waals surface area contributed by atoms with Crippen LogP contribution in [0, 0.1) is 5.92 Å². The maximum absolute atomic E-state index is 12.4. The van der Waals surface area contributed by atoms with Gasteiger partial charge in [-0.1, -0.05) is 0 Å². The van der Waals surface area contributed by atoms with Gasteiger partial charge < -0.3 is 20.2 Å². The highest BCUT2D eigenvalue weighted by Gasteiger charge is 2.36. The number of aliphatic hydroxyl groups excluding tert-OH is 1. The molecule has 134 valence electrons. The summed E-state index contributed by atoms with van der Waals surface area (Å²) >= 11 is 0. The predicted molar refractivity (Wildman–Crippen MR) is 91.4 cm³/mol. The average molecular weight is 335 g/mol. The van der Waals surface area contributed by atoms with E-state index in [0.717, 1.165) is 51.1 Å². The quantitative estimate of drug-likeness (QED) is 0.765. The number of carbonyl (C=O) groups excluding carboxylic acids is 1. The Labute approximate surface area is 143 Å². The van der Waals surface area contributed by atoms with Gasteiger partial charge in [-0.2, -0.15) is 5.10 Å². The fourth-order valence-corrected chi connectivity index (χ4v) is 3.55. The summed E-state index contributed by atoms with van der Waals surface area (Å²) in [6, 6.07) is -0.0397. The van der Waals surface area contributed by atoms with E-state index in [0.29, 0.717) is 12.3 Å². The molecule has 1 aromatic rings. The molecule has 0 bridgehead atoms. The van der Waals surface area contributed by atoms with Gasteiger partial charge in [0, 0.05) is 58.0 Å². The zero-order valence-corrected chi connectivity index (χ0v) is 14.7. The third-order valence-electron chi connectivity index (χ3n) is 5.27. The molecule has 1 aliphatic carbocycles. The summed E-state index contributed by atoms with van der Waals surface area (Å²) in [5.74, 6) is 0.390. The monoisotopic (exact) mass is 335 g/mol. The van der Waals surface area contributed by atoms with Gasteiger partial charge in [-0.3, -0.25) is 9.48 Å². The lowest BCUT2D eigenvalue weighted by molar-refractivity contribution is -0.123. The average Bonchev–Trinajstić information content (AvgIpc) is 2.96. The molecule has 24 heavy (non-hydrogen) atoms. The van der Waals surface area contributed by atoms with Gasteiger partial charge in [0.05, 0.1) is 18.3 Å². The van der Waals surface area contributed by atoms with Crippen LogP contribution in [0.4, 0.5) is 0 Å². The van der Waals surface area contributed by atoms with E-state index in [1.807, 2.05) is 19.4 Å². The number of nitrogens with zero attached hydrogens (tertiary/aromatic N) is 4. The summed E-state index contributed by atoms with van der Waals surface area (Å²) in [5, 5.41) is 17.0. The number of piperazine rings is 1. The zero-order valence-electron chi connectivity index (χ0n) is 14.7. The predicted octanol–water partition coefficient (Wildman–Crippen LogP) is -0.0142. The Morgan fingerprint density at radius 2 is 2.04 bits per heavy atom. The highest BCUT2D eigenvalue weighted by Crippen LogP contribution is 2.37. The number of amides is 1. The molecule has 2 N–H and O–H groups in total. The summed E-state index contributed by atoms with van der Waals surface area (Å²) in [6.45, 7) is 5.02. The second-order valence-electron chi connectivity index (χ2n) is 7.27. The number of rotatable bonds is 6. The SMILES string of the molecule is CN1CCN(CCC(=O)NC(c2cnn(C)c2)C2CC(O)C2)CC1. The molecule has 7 heteroatoms. The van der Waals surface area contributed by atoms with Crippen molar-refractivity contribution in [3.63, 3.8) is 0 Å². The first-order chi connectivity index (χ1) is 11.5. The molecule has 0 spiro atoms. The summed E-state index contributed by atoms with van der Waals surface area (Å²) in [4.78, 5) is 17.1. The molecule has 1 atom stereocenters. The van der Waals surface area contributed by atoms with Crippen molar-refractivity contribution in [3.8, 4) is 0 Å². The molecule has 0 radical (unpaired) electrons. The van der Waals surface area contributed by atoms with Crippen molar-refractivity contribution in [1.29, 1.82) is 0 Å². The second-order valence-corrected chi connectivity index (χ2v) is 7.27. The van der Waals surface area contributed by atoms with Gasteiger partial charge in [0.1, 0.15) is 0 Å². The molecule has 3 rings (SSSR count). The van der Waals surface area contributed by atoms with E-state index in [1.54, 1.807) is 4.68 Å². The van der Waals surface area contributed by atoms with Gasteiger partial charge in [-0.25, -0.2) is 0 Å². The maximum Gasteiger partial charge on any atom is 0.221 e. The third kappa shape index (κ3) is 4.34. The standard InChI is InChI=1S/C17H29N5O2/c1-20-5-7-22(8-6-20)4-3-16(24)19-17(13-9-15(23)10-13)14-11-18-21(2)12-14/h11-13,15,17,23H,3-10H2,1-2H3,(H,19,24). The van der Waals surface area contributed by atoms with Crippen LogP contribution in [0.2, 0.25) is 0 Å². The summed E-state index contributed by atoms with van der Waals surface area (Å²) in [6.07, 6.45) is 5.56. The van der Waals surface area contributed by atoms with Crippen molar-refractivity contribution >= 4 is 5.91 Å². The minimum Gasteiger partial charge on any atom is -0.393 e. The highest BCUT2D eigenvalue weighted by atomic mass is 16.3. The van der Waals surface area contributed by atoms with Crippen LogP contribution in [0.15, 0.2) is 12.4 Å². The number of aromatic nitrogens is 2. The largest absolute Gasteiger partial charge is 0.393 e. The second kappa shape index (κ2) is 7.63. The zero-order chi connectivity index (χ0) is 17.1. The Bertz CT molecular complexity index is 547. The number of hydrogen-bond donors (Lipinski definition) is 2. The topological polar surface area (TPSA) is 73.6 Å². The van der Waals surface area contributed by atoms with Crippen LogP contribution in [0.5, 0.6) is 0 Å². The number of aryl methyl sites for hydroxylation is 1. The van der Waals surface area contributed by atoms with Gasteiger partial charge in [-0.15, -0.1) is 0 Å². The fourth-order valence-electron chi connectivity index (χ4n) is 3.55. The number of likely N-dealkylation sites (N-methyl/N-ethyl adjacent to an activating group) is 1. The minimum absolute atomic E-state index is 0.0397. The van der Waals surface area contributed by atoms with Crippen molar-refractivity contribution in [2.24, 2.45) is 13.0 Å². The summed E-state index contributed by atoms with van der Waals surface area (Å²) < 4.78 is 1.76. The lowest BCUT2D eigenvalue weighted by atomic mass is 9.75. The Morgan fingerprint density at radius 1 is 1.33 bits per heavy atom. The molecule has 2 fully saturated rings. The van der Waals surface area contributed by atoms with Crippen LogP contribution in [0.1, 0.15) is 30.9 Å². The first-order valence-corrected chi connectivity index (χ1v) is 8.88. The molecule has 1 aromatic heterocycles. The minimum atomic E-state index is -0.226. The van der Waals surface area contributed by atoms with Crippen LogP contribution in [0.25, 0.3) is 0 Å². The first kappa shape index (κ1) is 17.4. The number of aliphatic hydroxyl groups is 1. The van der Waals surface area contributed by atoms with Crippen LogP contribution in [-0.4, -0.2) is 76.5 Å². The van der Waals surface area contributed by atoms with Crippen LogP contribution >= 0.6 is 0 Å². The maximum atomic E-state index is 12.4. The van der Waals surface area contributed by atoms with Crippen molar-refractivity contribution in [2.45, 2.75) is 31.4 Å². The van der Waals surface area contributed by atoms with E-state index in [4.69, 9.17) is 0 Å². The van der Waals surface area contributed by atoms with Gasteiger partial charge in [0.25, 0.3) is 0 Å². The van der Waals surface area contributed by atoms with Gasteiger partial charge in [-0.05, 0) is 25.8 Å². The molecule has 1 aliphatic heterocycles. The van der Waals surface area contributed by atoms with Crippen molar-refractivity contribution < 1.29 is 9.90 Å². The normalized spacial score (nSPS) is 26.8. The molecular formula is C17H29N5O2. The fraction of sp³-hybridized carbons (Fsp3) is 0.765. The van der Waals surface area contributed by atoms with Crippen LogP contribution < -0.4 is 5.32 Å². The highest BCUT2D eigenvalue weighted by molar-refractivity contribution is 5.76. The van der Waals surface area contributed by atoms with E-state index < -0.39 is 0 Å².